The number of carbonyl (C=O) groups is 2. The summed E-state index contributed by atoms with van der Waals surface area (Å²) in [6, 6.07) is 42.8. The van der Waals surface area contributed by atoms with Gasteiger partial charge in [0.15, 0.2) is 6.29 Å². The average Bonchev–Trinajstić information content (AvgIpc) is 3.21. The van der Waals surface area contributed by atoms with Gasteiger partial charge in [0.1, 0.15) is 6.04 Å². The van der Waals surface area contributed by atoms with Crippen molar-refractivity contribution in [1.82, 2.24) is 15.5 Å². The van der Waals surface area contributed by atoms with E-state index in [1.54, 1.807) is 0 Å². The van der Waals surface area contributed by atoms with Crippen molar-refractivity contribution in [1.29, 1.82) is 0 Å². The minimum absolute atomic E-state index is 0.00619. The van der Waals surface area contributed by atoms with Crippen molar-refractivity contribution in [2.75, 3.05) is 20.7 Å². The van der Waals surface area contributed by atoms with Crippen LogP contribution in [0.15, 0.2) is 133 Å². The van der Waals surface area contributed by atoms with Gasteiger partial charge in [0.2, 0.25) is 0 Å². The lowest BCUT2D eigenvalue weighted by molar-refractivity contribution is -0.276. The number of aliphatic hydroxyl groups excluding tert-OH is 1. The highest BCUT2D eigenvalue weighted by Gasteiger charge is 2.38. The fraction of sp³-hybridized carbons (Fsp3) is 0.289. The number of likely N-dealkylation sites (N-methyl/N-ethyl adjacent to an activating group) is 1. The molecule has 5 atom stereocenters. The molecule has 6 rings (SSSR count). The molecule has 0 aliphatic carbocycles. The van der Waals surface area contributed by atoms with Gasteiger partial charge >= 0.3 is 12.0 Å². The summed E-state index contributed by atoms with van der Waals surface area (Å²) in [5.74, 6) is -0.427. The van der Waals surface area contributed by atoms with Gasteiger partial charge in [-0.05, 0) is 52.1 Å². The monoisotopic (exact) mass is 727 g/mol. The maximum Gasteiger partial charge on any atom is 0.328 e. The van der Waals surface area contributed by atoms with E-state index in [1.165, 1.54) is 12.7 Å². The largest absolute Gasteiger partial charge is 0.467 e. The van der Waals surface area contributed by atoms with Gasteiger partial charge in [-0.2, -0.15) is 0 Å². The van der Waals surface area contributed by atoms with Crippen LogP contribution in [-0.4, -0.2) is 54.9 Å². The molecule has 54 heavy (non-hydrogen) atoms. The van der Waals surface area contributed by atoms with E-state index < -0.39 is 24.3 Å². The first kappa shape index (κ1) is 38.4. The maximum atomic E-state index is 12.8. The second kappa shape index (κ2) is 18.6. The number of amides is 2. The molecule has 0 radical (unpaired) electrons. The smallest absolute Gasteiger partial charge is 0.328 e. The van der Waals surface area contributed by atoms with Crippen molar-refractivity contribution in [2.24, 2.45) is 5.92 Å². The number of esters is 1. The molecule has 1 saturated heterocycles. The van der Waals surface area contributed by atoms with Crippen LogP contribution in [0.5, 0.6) is 0 Å². The minimum Gasteiger partial charge on any atom is -0.467 e. The Balaban J connectivity index is 1.12. The average molecular weight is 728 g/mol. The summed E-state index contributed by atoms with van der Waals surface area (Å²) in [6.07, 6.45) is -0.541. The molecule has 9 nitrogen and oxygen atoms in total. The Morgan fingerprint density at radius 2 is 1.41 bits per heavy atom. The van der Waals surface area contributed by atoms with Crippen LogP contribution in [0.4, 0.5) is 4.79 Å². The highest BCUT2D eigenvalue weighted by Crippen LogP contribution is 2.42. The molecule has 1 aliphatic heterocycles. The number of carbonyl (C=O) groups excluding carboxylic acids is 2. The number of methoxy groups -OCH3 is 1. The third-order valence-electron chi connectivity index (χ3n) is 9.88. The molecule has 280 valence electrons. The molecule has 5 aromatic carbocycles. The number of hydrogen-bond donors (Lipinski definition) is 3. The molecule has 0 spiro atoms. The molecule has 9 heteroatoms. The van der Waals surface area contributed by atoms with Crippen LogP contribution in [0.25, 0.3) is 11.1 Å². The summed E-state index contributed by atoms with van der Waals surface area (Å²) >= 11 is 0. The lowest BCUT2D eigenvalue weighted by Crippen LogP contribution is -2.47. The molecular formula is C45H49N3O6. The molecule has 1 fully saturated rings. The number of ether oxygens (including phenoxy) is 3. The number of urea groups is 1. The van der Waals surface area contributed by atoms with E-state index in [1.807, 2.05) is 97.1 Å². The minimum atomic E-state index is -0.810. The number of rotatable bonds is 14. The van der Waals surface area contributed by atoms with E-state index >= 15 is 0 Å². The molecule has 0 aromatic heterocycles. The number of nitrogens with zero attached hydrogens (tertiary/aromatic N) is 1. The Hall–Kier alpha value is -5.32. The van der Waals surface area contributed by atoms with Crippen LogP contribution < -0.4 is 10.6 Å². The van der Waals surface area contributed by atoms with Crippen LogP contribution in [0.2, 0.25) is 0 Å². The molecule has 1 aliphatic rings. The summed E-state index contributed by atoms with van der Waals surface area (Å²) in [4.78, 5) is 27.5. The normalized spacial score (nSPS) is 18.8. The van der Waals surface area contributed by atoms with Gasteiger partial charge in [-0.15, -0.1) is 0 Å². The third-order valence-corrected chi connectivity index (χ3v) is 9.88. The molecule has 0 bridgehead atoms. The zero-order valence-electron chi connectivity index (χ0n) is 31.1. The second-order valence-corrected chi connectivity index (χ2v) is 13.9. The quantitative estimate of drug-likeness (QED) is 0.103. The van der Waals surface area contributed by atoms with E-state index in [4.69, 9.17) is 14.2 Å². The number of aliphatic hydroxyl groups is 1. The Morgan fingerprint density at radius 1 is 0.759 bits per heavy atom. The lowest BCUT2D eigenvalue weighted by Gasteiger charge is -2.42. The fourth-order valence-corrected chi connectivity index (χ4v) is 6.87. The van der Waals surface area contributed by atoms with Crippen molar-refractivity contribution in [2.45, 2.75) is 57.6 Å². The number of hydrogen-bond acceptors (Lipinski definition) is 7. The predicted molar refractivity (Wildman–Crippen MR) is 209 cm³/mol. The molecule has 5 aromatic rings. The SMILES string of the molecule is COC(=O)[C@H](Cc1ccccc1)NC(=O)NCc1cccc(-c2ccc([C@H]3O[C@@H](CN(C)Cc4ccccc4)[C@@H](C)[C@@H](c4ccc(CO)cc4)O3)cc2)c1. The van der Waals surface area contributed by atoms with Gasteiger partial charge in [-0.25, -0.2) is 9.59 Å². The van der Waals surface area contributed by atoms with E-state index in [0.717, 1.165) is 52.0 Å². The van der Waals surface area contributed by atoms with Crippen LogP contribution in [0.1, 0.15) is 52.7 Å². The zero-order chi connectivity index (χ0) is 37.9. The van der Waals surface area contributed by atoms with E-state index in [0.29, 0.717) is 6.42 Å². The Labute approximate surface area is 317 Å². The summed E-state index contributed by atoms with van der Waals surface area (Å²) in [6.45, 7) is 3.99. The van der Waals surface area contributed by atoms with Gasteiger partial charge in [0.25, 0.3) is 0 Å². The van der Waals surface area contributed by atoms with Gasteiger partial charge in [0, 0.05) is 37.5 Å². The van der Waals surface area contributed by atoms with E-state index in [-0.39, 0.29) is 31.3 Å². The highest BCUT2D eigenvalue weighted by molar-refractivity contribution is 5.83. The van der Waals surface area contributed by atoms with Gasteiger partial charge in [0.05, 0.1) is 25.9 Å². The Morgan fingerprint density at radius 3 is 2.07 bits per heavy atom. The third kappa shape index (κ3) is 10.2. The van der Waals surface area contributed by atoms with Crippen LogP contribution >= 0.6 is 0 Å². The van der Waals surface area contributed by atoms with Crippen LogP contribution in [-0.2, 0) is 45.1 Å². The Kier molecular flexibility index (Phi) is 13.2. The van der Waals surface area contributed by atoms with Crippen LogP contribution in [0, 0.1) is 5.92 Å². The van der Waals surface area contributed by atoms with Crippen molar-refractivity contribution < 1.29 is 28.9 Å². The van der Waals surface area contributed by atoms with E-state index in [9.17, 15) is 14.7 Å². The second-order valence-electron chi connectivity index (χ2n) is 13.9. The van der Waals surface area contributed by atoms with Crippen molar-refractivity contribution in [3.8, 4) is 11.1 Å². The molecular weight excluding hydrogens is 679 g/mol. The predicted octanol–water partition coefficient (Wildman–Crippen LogP) is 7.35. The molecule has 0 unspecified atom stereocenters. The molecule has 0 saturated carbocycles. The van der Waals surface area contributed by atoms with Gasteiger partial charge < -0.3 is 30.0 Å². The molecule has 2 amide bonds. The number of benzene rings is 5. The standard InChI is InChI=1S/C45H49N3O6/c1-31-41(29-48(2)28-33-13-8-5-9-14-33)53-44(54-42(31)37-19-17-34(30-49)18-20-37)38-23-21-36(22-24-38)39-16-10-15-35(25-39)27-46-45(51)47-40(43(50)52-3)26-32-11-6-4-7-12-32/h4-25,31,40-42,44,49H,26-30H2,1-3H3,(H2,46,47,51)/t31-,40+,41+,42+,44+/m1/s1. The first-order valence-corrected chi connectivity index (χ1v) is 18.4. The van der Waals surface area contributed by atoms with Crippen molar-refractivity contribution in [3.05, 3.63) is 167 Å². The van der Waals surface area contributed by atoms with E-state index in [2.05, 4.69) is 65.9 Å². The molecule has 1 heterocycles. The summed E-state index contributed by atoms with van der Waals surface area (Å²) in [7, 11) is 3.43. The first-order chi connectivity index (χ1) is 26.3. The van der Waals surface area contributed by atoms with Crippen LogP contribution in [0.3, 0.4) is 0 Å². The van der Waals surface area contributed by atoms with Crippen molar-refractivity contribution in [3.63, 3.8) is 0 Å². The Bertz CT molecular complexity index is 1940. The van der Waals surface area contributed by atoms with Gasteiger partial charge in [-0.1, -0.05) is 134 Å². The maximum absolute atomic E-state index is 12.8. The lowest BCUT2D eigenvalue weighted by atomic mass is 9.90. The fourth-order valence-electron chi connectivity index (χ4n) is 6.87. The topological polar surface area (TPSA) is 109 Å². The first-order valence-electron chi connectivity index (χ1n) is 18.4. The summed E-state index contributed by atoms with van der Waals surface area (Å²) < 4.78 is 18.3. The highest BCUT2D eigenvalue weighted by atomic mass is 16.7. The molecule has 3 N–H and O–H groups in total. The summed E-state index contributed by atoms with van der Waals surface area (Å²) in [5.41, 5.74) is 7.92. The zero-order valence-corrected chi connectivity index (χ0v) is 31.1. The number of nitrogens with one attached hydrogen (secondary N) is 2. The van der Waals surface area contributed by atoms with Crippen molar-refractivity contribution >= 4 is 12.0 Å². The van der Waals surface area contributed by atoms with Gasteiger partial charge in [-0.3, -0.25) is 4.90 Å². The summed E-state index contributed by atoms with van der Waals surface area (Å²) in [5, 5.41) is 15.2.